The molecular weight excluding hydrogens is 234 g/mol. The van der Waals surface area contributed by atoms with Crippen molar-refractivity contribution in [1.82, 2.24) is 10.1 Å². The Hall–Kier alpha value is -0.810. The van der Waals surface area contributed by atoms with E-state index in [1.165, 1.54) is 0 Å². The molecule has 0 aliphatic heterocycles. The van der Waals surface area contributed by atoms with E-state index in [1.54, 1.807) is 0 Å². The second-order valence-electron chi connectivity index (χ2n) is 4.47. The van der Waals surface area contributed by atoms with Gasteiger partial charge in [0, 0.05) is 11.3 Å². The Morgan fingerprint density at radius 1 is 1.59 bits per heavy atom. The van der Waals surface area contributed by atoms with Crippen molar-refractivity contribution in [3.8, 4) is 0 Å². The normalized spacial score (nSPS) is 25.4. The molecule has 0 spiro atoms. The monoisotopic (exact) mass is 253 g/mol. The quantitative estimate of drug-likeness (QED) is 0.817. The van der Waals surface area contributed by atoms with Gasteiger partial charge in [0.25, 0.3) is 0 Å². The van der Waals surface area contributed by atoms with Crippen molar-refractivity contribution in [3.05, 3.63) is 23.9 Å². The molecule has 0 aromatic carbocycles. The van der Waals surface area contributed by atoms with Gasteiger partial charge in [-0.15, -0.1) is 0 Å². The van der Waals surface area contributed by atoms with E-state index in [-0.39, 0.29) is 12.0 Å². The van der Waals surface area contributed by atoms with Gasteiger partial charge in [-0.1, -0.05) is 31.2 Å². The molecule has 94 valence electrons. The van der Waals surface area contributed by atoms with E-state index in [0.29, 0.717) is 11.1 Å². The summed E-state index contributed by atoms with van der Waals surface area (Å²) in [5, 5.41) is 4.65. The van der Waals surface area contributed by atoms with Crippen LogP contribution in [0.15, 0.2) is 16.7 Å². The Labute approximate surface area is 106 Å². The van der Waals surface area contributed by atoms with Gasteiger partial charge in [-0.25, -0.2) is 0 Å². The number of hydrogen-bond acceptors (Lipinski definition) is 5. The van der Waals surface area contributed by atoms with E-state index in [4.69, 9.17) is 10.3 Å². The molecule has 0 bridgehead atoms. The third kappa shape index (κ3) is 3.33. The molecule has 0 saturated carbocycles. The lowest BCUT2D eigenvalue weighted by Gasteiger charge is -2.04. The van der Waals surface area contributed by atoms with Gasteiger partial charge in [-0.05, 0) is 12.8 Å². The smallest absolute Gasteiger partial charge is 0.233 e. The van der Waals surface area contributed by atoms with Gasteiger partial charge < -0.3 is 10.3 Å². The van der Waals surface area contributed by atoms with E-state index in [9.17, 15) is 0 Å². The lowest BCUT2D eigenvalue weighted by atomic mass is 10.1. The maximum atomic E-state index is 5.80. The lowest BCUT2D eigenvalue weighted by molar-refractivity contribution is 0.361. The van der Waals surface area contributed by atoms with Crippen LogP contribution >= 0.6 is 11.8 Å². The van der Waals surface area contributed by atoms with E-state index in [2.05, 4.69) is 30.1 Å². The fraction of sp³-hybridized carbons (Fsp3) is 0.667. The minimum atomic E-state index is 0.129. The zero-order chi connectivity index (χ0) is 12.3. The van der Waals surface area contributed by atoms with Crippen molar-refractivity contribution in [2.24, 2.45) is 5.73 Å². The number of allylic oxidation sites excluding steroid dienone is 1. The first-order chi connectivity index (χ1) is 8.19. The summed E-state index contributed by atoms with van der Waals surface area (Å²) in [5.74, 6) is 2.52. The topological polar surface area (TPSA) is 64.9 Å². The van der Waals surface area contributed by atoms with Crippen LogP contribution < -0.4 is 5.73 Å². The van der Waals surface area contributed by atoms with Gasteiger partial charge in [0.2, 0.25) is 5.89 Å². The Morgan fingerprint density at radius 2 is 2.41 bits per heavy atom. The van der Waals surface area contributed by atoms with Gasteiger partial charge >= 0.3 is 0 Å². The largest absolute Gasteiger partial charge is 0.339 e. The molecule has 17 heavy (non-hydrogen) atoms. The molecule has 1 heterocycles. The van der Waals surface area contributed by atoms with Crippen LogP contribution in [0, 0.1) is 0 Å². The first kappa shape index (κ1) is 12.6. The molecule has 5 heteroatoms. The van der Waals surface area contributed by atoms with Gasteiger partial charge in [0.1, 0.15) is 0 Å². The minimum Gasteiger partial charge on any atom is -0.339 e. The molecule has 3 unspecified atom stereocenters. The first-order valence-corrected chi connectivity index (χ1v) is 7.12. The molecule has 1 aliphatic carbocycles. The second-order valence-corrected chi connectivity index (χ2v) is 5.90. The summed E-state index contributed by atoms with van der Waals surface area (Å²) >= 11 is 1.86. The highest BCUT2D eigenvalue weighted by Gasteiger charge is 2.22. The molecule has 1 aromatic heterocycles. The maximum absolute atomic E-state index is 5.80. The first-order valence-electron chi connectivity index (χ1n) is 6.07. The minimum absolute atomic E-state index is 0.129. The van der Waals surface area contributed by atoms with E-state index >= 15 is 0 Å². The van der Waals surface area contributed by atoms with Gasteiger partial charge in [0.15, 0.2) is 5.82 Å². The molecular formula is C12H19N3OS. The Bertz CT molecular complexity index is 391. The Balaban J connectivity index is 1.90. The summed E-state index contributed by atoms with van der Waals surface area (Å²) in [6, 6.07) is 0.129. The van der Waals surface area contributed by atoms with E-state index < -0.39 is 0 Å². The summed E-state index contributed by atoms with van der Waals surface area (Å²) < 4.78 is 5.28. The van der Waals surface area contributed by atoms with Crippen LogP contribution in [0.3, 0.4) is 0 Å². The number of thioether (sulfide) groups is 1. The molecule has 1 aromatic rings. The Kier molecular flexibility index (Phi) is 4.23. The summed E-state index contributed by atoms with van der Waals surface area (Å²) in [5.41, 5.74) is 5.80. The summed E-state index contributed by atoms with van der Waals surface area (Å²) in [7, 11) is 0. The summed E-state index contributed by atoms with van der Waals surface area (Å²) in [6.07, 6.45) is 6.10. The van der Waals surface area contributed by atoms with Crippen LogP contribution in [-0.4, -0.2) is 21.4 Å². The maximum Gasteiger partial charge on any atom is 0.233 e. The number of rotatable bonds is 5. The van der Waals surface area contributed by atoms with Gasteiger partial charge in [-0.3, -0.25) is 0 Å². The van der Waals surface area contributed by atoms with Crippen LogP contribution in [0.25, 0.3) is 0 Å². The molecule has 4 nitrogen and oxygen atoms in total. The average molecular weight is 253 g/mol. The highest BCUT2D eigenvalue weighted by atomic mass is 32.2. The van der Waals surface area contributed by atoms with Crippen molar-refractivity contribution >= 4 is 11.8 Å². The summed E-state index contributed by atoms with van der Waals surface area (Å²) in [4.78, 5) is 4.43. The van der Waals surface area contributed by atoms with E-state index in [0.717, 1.165) is 24.4 Å². The molecule has 0 fully saturated rings. The van der Waals surface area contributed by atoms with Crippen molar-refractivity contribution < 1.29 is 4.52 Å². The number of nitrogens with two attached hydrogens (primary N) is 1. The average Bonchev–Trinajstić information content (AvgIpc) is 2.94. The van der Waals surface area contributed by atoms with Crippen molar-refractivity contribution in [2.45, 2.75) is 49.7 Å². The molecule has 1 aliphatic rings. The zero-order valence-corrected chi connectivity index (χ0v) is 11.1. The van der Waals surface area contributed by atoms with Crippen LogP contribution in [-0.2, 0) is 5.75 Å². The van der Waals surface area contributed by atoms with E-state index in [1.807, 2.05) is 17.8 Å². The Morgan fingerprint density at radius 3 is 3.06 bits per heavy atom. The molecule has 2 N–H and O–H groups in total. The van der Waals surface area contributed by atoms with Crippen LogP contribution in [0.2, 0.25) is 0 Å². The number of aromatic nitrogens is 2. The fourth-order valence-corrected chi connectivity index (χ4v) is 2.51. The fourth-order valence-electron chi connectivity index (χ4n) is 1.72. The third-order valence-electron chi connectivity index (χ3n) is 2.99. The summed E-state index contributed by atoms with van der Waals surface area (Å²) in [6.45, 7) is 4.40. The van der Waals surface area contributed by atoms with Gasteiger partial charge in [0.05, 0.1) is 11.7 Å². The number of nitrogens with zero attached hydrogens (tertiary/aromatic N) is 2. The van der Waals surface area contributed by atoms with Crippen LogP contribution in [0.4, 0.5) is 0 Å². The standard InChI is InChI=1S/C12H19N3OS/c1-3-8(2)17-7-11-14-12(16-15-11)9-4-5-10(13)6-9/h4-5,8-10H,3,6-7,13H2,1-2H3. The second kappa shape index (κ2) is 5.69. The molecule has 2 rings (SSSR count). The number of hydrogen-bond donors (Lipinski definition) is 1. The van der Waals surface area contributed by atoms with Crippen LogP contribution in [0.1, 0.15) is 44.3 Å². The molecule has 0 radical (unpaired) electrons. The van der Waals surface area contributed by atoms with Crippen molar-refractivity contribution in [1.29, 1.82) is 0 Å². The van der Waals surface area contributed by atoms with Gasteiger partial charge in [-0.2, -0.15) is 16.7 Å². The molecule has 0 amide bonds. The third-order valence-corrected chi connectivity index (χ3v) is 4.32. The van der Waals surface area contributed by atoms with Crippen LogP contribution in [0.5, 0.6) is 0 Å². The predicted molar refractivity (Wildman–Crippen MR) is 69.8 cm³/mol. The lowest BCUT2D eigenvalue weighted by Crippen LogP contribution is -2.14. The predicted octanol–water partition coefficient (Wildman–Crippen LogP) is 2.47. The SMILES string of the molecule is CCC(C)SCc1noc(C2C=CC(N)C2)n1. The molecule has 3 atom stereocenters. The highest BCUT2D eigenvalue weighted by Crippen LogP contribution is 2.27. The molecule has 0 saturated heterocycles. The van der Waals surface area contributed by atoms with Crippen molar-refractivity contribution in [3.63, 3.8) is 0 Å². The van der Waals surface area contributed by atoms with Crippen molar-refractivity contribution in [2.75, 3.05) is 0 Å². The highest BCUT2D eigenvalue weighted by molar-refractivity contribution is 7.99. The zero-order valence-electron chi connectivity index (χ0n) is 10.3.